The highest BCUT2D eigenvalue weighted by molar-refractivity contribution is 5.91. The lowest BCUT2D eigenvalue weighted by Gasteiger charge is -2.26. The topological polar surface area (TPSA) is 34.8 Å². The Kier molecular flexibility index (Phi) is 5.88. The Balaban J connectivity index is 1.43. The summed E-state index contributed by atoms with van der Waals surface area (Å²) in [5, 5.41) is 1.04. The van der Waals surface area contributed by atoms with Crippen molar-refractivity contribution in [1.29, 1.82) is 0 Å². The Morgan fingerprint density at radius 2 is 1.73 bits per heavy atom. The summed E-state index contributed by atoms with van der Waals surface area (Å²) in [5.74, 6) is 2.04. The minimum absolute atomic E-state index is 0.201. The zero-order chi connectivity index (χ0) is 22.8. The minimum Gasteiger partial charge on any atom is -0.496 e. The van der Waals surface area contributed by atoms with Crippen LogP contribution in [0, 0.1) is 5.82 Å². The second kappa shape index (κ2) is 9.12. The van der Waals surface area contributed by atoms with E-state index in [1.807, 2.05) is 42.5 Å². The molecule has 1 aliphatic heterocycles. The van der Waals surface area contributed by atoms with Crippen molar-refractivity contribution in [3.05, 3.63) is 89.8 Å². The van der Waals surface area contributed by atoms with Crippen LogP contribution >= 0.6 is 0 Å². The first kappa shape index (κ1) is 21.3. The van der Waals surface area contributed by atoms with Crippen LogP contribution < -0.4 is 9.47 Å². The van der Waals surface area contributed by atoms with Gasteiger partial charge >= 0.3 is 0 Å². The molecule has 0 atom stereocenters. The normalized spacial score (nSPS) is 14.3. The zero-order valence-electron chi connectivity index (χ0n) is 18.8. The molecule has 0 saturated carbocycles. The van der Waals surface area contributed by atoms with E-state index in [9.17, 15) is 4.39 Å². The fraction of sp³-hybridized carbons (Fsp3) is 0.214. The summed E-state index contributed by atoms with van der Waals surface area (Å²) in [7, 11) is 3.32. The smallest absolute Gasteiger partial charge is 0.176 e. The molecule has 1 aliphatic rings. The molecule has 0 amide bonds. The molecule has 4 nitrogen and oxygen atoms in total. The SMILES string of the molecule is COc1ccccc1-c1cc2c(CN3CC=C(c4ccc(F)cc4)CC3)ccc(OC)c2o1. The van der Waals surface area contributed by atoms with Crippen LogP contribution in [0.25, 0.3) is 27.9 Å². The van der Waals surface area contributed by atoms with E-state index in [1.54, 1.807) is 14.2 Å². The Labute approximate surface area is 192 Å². The van der Waals surface area contributed by atoms with E-state index in [0.717, 1.165) is 59.7 Å². The summed E-state index contributed by atoms with van der Waals surface area (Å²) in [4.78, 5) is 2.41. The lowest BCUT2D eigenvalue weighted by atomic mass is 9.99. The van der Waals surface area contributed by atoms with Gasteiger partial charge in [-0.25, -0.2) is 4.39 Å². The summed E-state index contributed by atoms with van der Waals surface area (Å²) >= 11 is 0. The molecule has 0 spiro atoms. The fourth-order valence-electron chi connectivity index (χ4n) is 4.46. The molecule has 0 saturated heterocycles. The van der Waals surface area contributed by atoms with Crippen LogP contribution in [-0.4, -0.2) is 32.2 Å². The molecule has 0 aliphatic carbocycles. The third-order valence-electron chi connectivity index (χ3n) is 6.23. The molecule has 168 valence electrons. The van der Waals surface area contributed by atoms with Gasteiger partial charge in [-0.3, -0.25) is 4.90 Å². The van der Waals surface area contributed by atoms with Crippen LogP contribution in [0.4, 0.5) is 4.39 Å². The van der Waals surface area contributed by atoms with Crippen molar-refractivity contribution < 1.29 is 18.3 Å². The van der Waals surface area contributed by atoms with Crippen LogP contribution in [0.3, 0.4) is 0 Å². The summed E-state index contributed by atoms with van der Waals surface area (Å²) in [5.41, 5.74) is 5.21. The number of fused-ring (bicyclic) bond motifs is 1. The maximum Gasteiger partial charge on any atom is 0.176 e. The van der Waals surface area contributed by atoms with Crippen LogP contribution in [-0.2, 0) is 6.54 Å². The van der Waals surface area contributed by atoms with Gasteiger partial charge in [0.25, 0.3) is 0 Å². The number of nitrogens with zero attached hydrogens (tertiary/aromatic N) is 1. The standard InChI is InChI=1S/C28H26FNO3/c1-31-25-6-4-3-5-23(25)27-17-24-21(9-12-26(32-2)28(24)33-27)18-30-15-13-20(14-16-30)19-7-10-22(29)11-8-19/h3-13,17H,14-16,18H2,1-2H3. The van der Waals surface area contributed by atoms with Crippen LogP contribution in [0.2, 0.25) is 0 Å². The highest BCUT2D eigenvalue weighted by Gasteiger charge is 2.19. The number of para-hydroxylation sites is 1. The lowest BCUT2D eigenvalue weighted by Crippen LogP contribution is -2.28. The highest BCUT2D eigenvalue weighted by Crippen LogP contribution is 2.39. The van der Waals surface area contributed by atoms with Gasteiger partial charge in [-0.05, 0) is 59.5 Å². The molecule has 5 heteroatoms. The van der Waals surface area contributed by atoms with Crippen LogP contribution in [0.5, 0.6) is 11.5 Å². The number of benzene rings is 3. The van der Waals surface area contributed by atoms with Gasteiger partial charge in [0.15, 0.2) is 11.3 Å². The number of methoxy groups -OCH3 is 2. The molecule has 2 heterocycles. The summed E-state index contributed by atoms with van der Waals surface area (Å²) in [6.45, 7) is 2.59. The Hall–Kier alpha value is -3.57. The number of ether oxygens (including phenoxy) is 2. The second-order valence-corrected chi connectivity index (χ2v) is 8.20. The average Bonchev–Trinajstić information content (AvgIpc) is 3.31. The number of rotatable bonds is 6. The van der Waals surface area contributed by atoms with Crippen molar-refractivity contribution in [2.45, 2.75) is 13.0 Å². The van der Waals surface area contributed by atoms with Crippen molar-refractivity contribution >= 4 is 16.5 Å². The molecule has 4 aromatic rings. The van der Waals surface area contributed by atoms with Crippen LogP contribution in [0.15, 0.2) is 77.2 Å². The van der Waals surface area contributed by atoms with Crippen molar-refractivity contribution in [3.8, 4) is 22.8 Å². The molecular weight excluding hydrogens is 417 g/mol. The van der Waals surface area contributed by atoms with Crippen molar-refractivity contribution in [3.63, 3.8) is 0 Å². The number of hydrogen-bond donors (Lipinski definition) is 0. The van der Waals surface area contributed by atoms with Crippen molar-refractivity contribution in [2.24, 2.45) is 0 Å². The zero-order valence-corrected chi connectivity index (χ0v) is 18.8. The molecule has 0 bridgehead atoms. The van der Waals surface area contributed by atoms with E-state index in [4.69, 9.17) is 13.9 Å². The van der Waals surface area contributed by atoms with Crippen molar-refractivity contribution in [2.75, 3.05) is 27.3 Å². The molecule has 1 aromatic heterocycles. The maximum atomic E-state index is 13.2. The number of halogens is 1. The van der Waals surface area contributed by atoms with Gasteiger partial charge in [-0.1, -0.05) is 36.4 Å². The van der Waals surface area contributed by atoms with Gasteiger partial charge in [0, 0.05) is 25.0 Å². The summed E-state index contributed by atoms with van der Waals surface area (Å²) in [6.07, 6.45) is 3.18. The Morgan fingerprint density at radius 3 is 2.45 bits per heavy atom. The van der Waals surface area contributed by atoms with Gasteiger partial charge in [0.05, 0.1) is 19.8 Å². The number of hydrogen-bond acceptors (Lipinski definition) is 4. The van der Waals surface area contributed by atoms with Gasteiger partial charge in [-0.2, -0.15) is 0 Å². The van der Waals surface area contributed by atoms with Gasteiger partial charge < -0.3 is 13.9 Å². The third-order valence-corrected chi connectivity index (χ3v) is 6.23. The number of furan rings is 1. The molecule has 3 aromatic carbocycles. The highest BCUT2D eigenvalue weighted by atomic mass is 19.1. The van der Waals surface area contributed by atoms with E-state index in [2.05, 4.69) is 23.1 Å². The monoisotopic (exact) mass is 443 g/mol. The Morgan fingerprint density at radius 1 is 0.939 bits per heavy atom. The predicted molar refractivity (Wildman–Crippen MR) is 129 cm³/mol. The molecule has 0 fully saturated rings. The molecule has 5 rings (SSSR count). The van der Waals surface area contributed by atoms with E-state index >= 15 is 0 Å². The second-order valence-electron chi connectivity index (χ2n) is 8.20. The van der Waals surface area contributed by atoms with Gasteiger partial charge in [0.1, 0.15) is 17.3 Å². The first-order valence-electron chi connectivity index (χ1n) is 11.1. The summed E-state index contributed by atoms with van der Waals surface area (Å²) in [6, 6.07) is 20.8. The van der Waals surface area contributed by atoms with Gasteiger partial charge in [0.2, 0.25) is 0 Å². The molecule has 0 N–H and O–H groups in total. The Bertz CT molecular complexity index is 1310. The third kappa shape index (κ3) is 4.24. The van der Waals surface area contributed by atoms with E-state index in [1.165, 1.54) is 23.3 Å². The van der Waals surface area contributed by atoms with Gasteiger partial charge in [-0.15, -0.1) is 0 Å². The van der Waals surface area contributed by atoms with E-state index in [0.29, 0.717) is 5.75 Å². The largest absolute Gasteiger partial charge is 0.496 e. The quantitative estimate of drug-likeness (QED) is 0.339. The fourth-order valence-corrected chi connectivity index (χ4v) is 4.46. The first-order valence-corrected chi connectivity index (χ1v) is 11.1. The molecule has 0 unspecified atom stereocenters. The lowest BCUT2D eigenvalue weighted by molar-refractivity contribution is 0.295. The van der Waals surface area contributed by atoms with Crippen molar-refractivity contribution in [1.82, 2.24) is 4.90 Å². The predicted octanol–water partition coefficient (Wildman–Crippen LogP) is 6.55. The van der Waals surface area contributed by atoms with Crippen LogP contribution in [0.1, 0.15) is 17.5 Å². The van der Waals surface area contributed by atoms with E-state index in [-0.39, 0.29) is 5.82 Å². The maximum absolute atomic E-state index is 13.2. The van der Waals surface area contributed by atoms with E-state index < -0.39 is 0 Å². The first-order chi connectivity index (χ1) is 16.2. The molecular formula is C28H26FNO3. The average molecular weight is 444 g/mol. The molecule has 0 radical (unpaired) electrons. The molecule has 33 heavy (non-hydrogen) atoms. The minimum atomic E-state index is -0.201. The summed E-state index contributed by atoms with van der Waals surface area (Å²) < 4.78 is 30.6.